The van der Waals surface area contributed by atoms with Crippen LogP contribution in [0.5, 0.6) is 0 Å². The zero-order valence-electron chi connectivity index (χ0n) is 9.45. The highest BCUT2D eigenvalue weighted by Gasteiger charge is 2.14. The summed E-state index contributed by atoms with van der Waals surface area (Å²) in [5.41, 5.74) is 0. The van der Waals surface area contributed by atoms with Gasteiger partial charge in [0.05, 0.1) is 6.54 Å². The van der Waals surface area contributed by atoms with Crippen molar-refractivity contribution in [3.8, 4) is 0 Å². The third kappa shape index (κ3) is 3.23. The third-order valence-corrected chi connectivity index (χ3v) is 3.76. The molecule has 1 aromatic heterocycles. The number of hydrogen-bond acceptors (Lipinski definition) is 2. The lowest BCUT2D eigenvalue weighted by Gasteiger charge is -2.20. The Morgan fingerprint density at radius 2 is 2.06 bits per heavy atom. The highest BCUT2D eigenvalue weighted by molar-refractivity contribution is 7.09. The second-order valence-corrected chi connectivity index (χ2v) is 5.17. The van der Waals surface area contributed by atoms with Crippen molar-refractivity contribution in [2.45, 2.75) is 32.2 Å². The first-order valence-electron chi connectivity index (χ1n) is 5.91. The summed E-state index contributed by atoms with van der Waals surface area (Å²) >= 11 is 1.68. The van der Waals surface area contributed by atoms with Gasteiger partial charge in [-0.2, -0.15) is 0 Å². The van der Waals surface area contributed by atoms with E-state index in [4.69, 9.17) is 0 Å². The van der Waals surface area contributed by atoms with Crippen molar-refractivity contribution in [2.75, 3.05) is 13.1 Å². The number of rotatable bonds is 2. The smallest absolute Gasteiger partial charge is 0.317 e. The first kappa shape index (κ1) is 11.5. The van der Waals surface area contributed by atoms with E-state index in [1.165, 1.54) is 17.7 Å². The van der Waals surface area contributed by atoms with Gasteiger partial charge in [-0.15, -0.1) is 11.3 Å². The summed E-state index contributed by atoms with van der Waals surface area (Å²) in [6.07, 6.45) is 4.81. The maximum atomic E-state index is 11.9. The van der Waals surface area contributed by atoms with Gasteiger partial charge < -0.3 is 10.2 Å². The fourth-order valence-corrected chi connectivity index (χ4v) is 2.61. The number of thiophene rings is 1. The van der Waals surface area contributed by atoms with Gasteiger partial charge in [-0.3, -0.25) is 0 Å². The Kier molecular flexibility index (Phi) is 4.22. The van der Waals surface area contributed by atoms with Gasteiger partial charge >= 0.3 is 6.03 Å². The maximum absolute atomic E-state index is 11.9. The van der Waals surface area contributed by atoms with E-state index in [0.29, 0.717) is 6.54 Å². The Labute approximate surface area is 100 Å². The van der Waals surface area contributed by atoms with Crippen LogP contribution in [0.4, 0.5) is 4.79 Å². The van der Waals surface area contributed by atoms with Gasteiger partial charge in [-0.1, -0.05) is 18.9 Å². The van der Waals surface area contributed by atoms with Gasteiger partial charge in [0.15, 0.2) is 0 Å². The van der Waals surface area contributed by atoms with Crippen molar-refractivity contribution < 1.29 is 4.79 Å². The van der Waals surface area contributed by atoms with Crippen LogP contribution in [0.25, 0.3) is 0 Å². The summed E-state index contributed by atoms with van der Waals surface area (Å²) in [5, 5.41) is 5.02. The molecule has 0 spiro atoms. The molecule has 16 heavy (non-hydrogen) atoms. The molecule has 3 nitrogen and oxygen atoms in total. The molecule has 88 valence electrons. The van der Waals surface area contributed by atoms with Crippen molar-refractivity contribution in [3.63, 3.8) is 0 Å². The molecule has 1 saturated heterocycles. The zero-order chi connectivity index (χ0) is 11.2. The van der Waals surface area contributed by atoms with Crippen LogP contribution >= 0.6 is 11.3 Å². The second kappa shape index (κ2) is 5.89. The highest BCUT2D eigenvalue weighted by Crippen LogP contribution is 2.11. The fourth-order valence-electron chi connectivity index (χ4n) is 1.96. The lowest BCUT2D eigenvalue weighted by molar-refractivity contribution is 0.199. The van der Waals surface area contributed by atoms with Crippen LogP contribution in [-0.2, 0) is 6.54 Å². The molecule has 0 aromatic carbocycles. The van der Waals surface area contributed by atoms with E-state index in [0.717, 1.165) is 25.9 Å². The van der Waals surface area contributed by atoms with Crippen LogP contribution in [0.2, 0.25) is 0 Å². The van der Waals surface area contributed by atoms with Gasteiger partial charge in [-0.05, 0) is 24.3 Å². The predicted octanol–water partition coefficient (Wildman–Crippen LogP) is 2.83. The number of carbonyl (C=O) groups is 1. The third-order valence-electron chi connectivity index (χ3n) is 2.89. The number of nitrogens with one attached hydrogen (secondary N) is 1. The molecule has 2 rings (SSSR count). The SMILES string of the molecule is O=C(NCc1cccs1)N1CCCCCC1. The van der Waals surface area contributed by atoms with Crippen molar-refractivity contribution in [1.29, 1.82) is 0 Å². The first-order chi connectivity index (χ1) is 7.86. The number of carbonyl (C=O) groups excluding carboxylic acids is 1. The minimum Gasteiger partial charge on any atom is -0.333 e. The number of hydrogen-bond donors (Lipinski definition) is 1. The first-order valence-corrected chi connectivity index (χ1v) is 6.79. The largest absolute Gasteiger partial charge is 0.333 e. The van der Waals surface area contributed by atoms with Crippen LogP contribution in [0.15, 0.2) is 17.5 Å². The monoisotopic (exact) mass is 238 g/mol. The summed E-state index contributed by atoms with van der Waals surface area (Å²) in [5.74, 6) is 0. The van der Waals surface area contributed by atoms with Crippen LogP contribution in [0, 0.1) is 0 Å². The summed E-state index contributed by atoms with van der Waals surface area (Å²) in [6, 6.07) is 4.15. The second-order valence-electron chi connectivity index (χ2n) is 4.14. The Bertz CT molecular complexity index is 316. The standard InChI is InChI=1S/C12H18N2OS/c15-12(13-10-11-6-5-9-16-11)14-7-3-1-2-4-8-14/h5-6,9H,1-4,7-8,10H2,(H,13,15). The normalized spacial score (nSPS) is 16.9. The zero-order valence-corrected chi connectivity index (χ0v) is 10.3. The molecule has 1 fully saturated rings. The van der Waals surface area contributed by atoms with Crippen LogP contribution in [0.3, 0.4) is 0 Å². The van der Waals surface area contributed by atoms with Crippen molar-refractivity contribution in [2.24, 2.45) is 0 Å². The quantitative estimate of drug-likeness (QED) is 0.844. The molecule has 0 atom stereocenters. The average Bonchev–Trinajstić information content (AvgIpc) is 2.66. The van der Waals surface area contributed by atoms with E-state index in [1.54, 1.807) is 11.3 Å². The molecule has 1 aromatic rings. The summed E-state index contributed by atoms with van der Waals surface area (Å²) in [6.45, 7) is 2.49. The fraction of sp³-hybridized carbons (Fsp3) is 0.583. The van der Waals surface area contributed by atoms with Gasteiger partial charge in [0.1, 0.15) is 0 Å². The molecule has 2 amide bonds. The van der Waals surface area contributed by atoms with Crippen LogP contribution in [0.1, 0.15) is 30.6 Å². The van der Waals surface area contributed by atoms with E-state index in [-0.39, 0.29) is 6.03 Å². The number of likely N-dealkylation sites (tertiary alicyclic amines) is 1. The van der Waals surface area contributed by atoms with Gasteiger partial charge in [-0.25, -0.2) is 4.79 Å². The Hall–Kier alpha value is -1.03. The number of urea groups is 1. The van der Waals surface area contributed by atoms with E-state index < -0.39 is 0 Å². The molecular formula is C12H18N2OS. The minimum atomic E-state index is 0.0929. The molecule has 0 aliphatic carbocycles. The van der Waals surface area contributed by atoms with E-state index in [1.807, 2.05) is 22.4 Å². The van der Waals surface area contributed by atoms with Crippen molar-refractivity contribution in [3.05, 3.63) is 22.4 Å². The Balaban J connectivity index is 1.78. The summed E-state index contributed by atoms with van der Waals surface area (Å²) in [7, 11) is 0. The molecule has 0 bridgehead atoms. The van der Waals surface area contributed by atoms with Crippen molar-refractivity contribution >= 4 is 17.4 Å². The van der Waals surface area contributed by atoms with E-state index in [9.17, 15) is 4.79 Å². The minimum absolute atomic E-state index is 0.0929. The molecule has 0 saturated carbocycles. The maximum Gasteiger partial charge on any atom is 0.317 e. The molecule has 1 N–H and O–H groups in total. The number of nitrogens with zero attached hydrogens (tertiary/aromatic N) is 1. The van der Waals surface area contributed by atoms with Crippen LogP contribution < -0.4 is 5.32 Å². The molecular weight excluding hydrogens is 220 g/mol. The topological polar surface area (TPSA) is 32.3 Å². The Morgan fingerprint density at radius 1 is 1.31 bits per heavy atom. The lowest BCUT2D eigenvalue weighted by Crippen LogP contribution is -2.39. The van der Waals surface area contributed by atoms with E-state index >= 15 is 0 Å². The summed E-state index contributed by atoms with van der Waals surface area (Å²) in [4.78, 5) is 15.0. The number of amides is 2. The van der Waals surface area contributed by atoms with Crippen LogP contribution in [-0.4, -0.2) is 24.0 Å². The molecule has 0 unspecified atom stereocenters. The average molecular weight is 238 g/mol. The molecule has 4 heteroatoms. The van der Waals surface area contributed by atoms with Gasteiger partial charge in [0.2, 0.25) is 0 Å². The Morgan fingerprint density at radius 3 is 2.69 bits per heavy atom. The van der Waals surface area contributed by atoms with Gasteiger partial charge in [0.25, 0.3) is 0 Å². The van der Waals surface area contributed by atoms with E-state index in [2.05, 4.69) is 5.32 Å². The predicted molar refractivity (Wildman–Crippen MR) is 66.6 cm³/mol. The summed E-state index contributed by atoms with van der Waals surface area (Å²) < 4.78 is 0. The molecule has 1 aliphatic heterocycles. The van der Waals surface area contributed by atoms with Crippen molar-refractivity contribution in [1.82, 2.24) is 10.2 Å². The highest BCUT2D eigenvalue weighted by atomic mass is 32.1. The molecule has 2 heterocycles. The lowest BCUT2D eigenvalue weighted by atomic mass is 10.2. The van der Waals surface area contributed by atoms with Gasteiger partial charge in [0, 0.05) is 18.0 Å². The molecule has 0 radical (unpaired) electrons. The molecule has 1 aliphatic rings.